The first kappa shape index (κ1) is 11.2. The molecular weight excluding hydrogens is 196 g/mol. The van der Waals surface area contributed by atoms with Crippen LogP contribution in [-0.2, 0) is 9.53 Å². The van der Waals surface area contributed by atoms with Gasteiger partial charge in [0.25, 0.3) is 5.56 Å². The lowest BCUT2D eigenvalue weighted by atomic mass is 10.1. The van der Waals surface area contributed by atoms with Gasteiger partial charge in [0.1, 0.15) is 0 Å². The maximum atomic E-state index is 11.5. The average Bonchev–Trinajstić information content (AvgIpc) is 2.22. The lowest BCUT2D eigenvalue weighted by molar-refractivity contribution is -0.133. The Hall–Kier alpha value is -1.91. The Kier molecular flexibility index (Phi) is 3.38. The number of carbonyl (C=O) groups is 1. The fourth-order valence-electron chi connectivity index (χ4n) is 1.28. The number of nitrogens with zero attached hydrogens (tertiary/aromatic N) is 1. The SMILES string of the molecule is C/C=C(/C(=O)OC)c1c(C)nc[nH]c1=O. The summed E-state index contributed by atoms with van der Waals surface area (Å²) in [6, 6.07) is 0. The highest BCUT2D eigenvalue weighted by atomic mass is 16.5. The number of aromatic amines is 1. The van der Waals surface area contributed by atoms with Gasteiger partial charge in [0.15, 0.2) is 0 Å². The van der Waals surface area contributed by atoms with E-state index in [1.165, 1.54) is 19.5 Å². The van der Waals surface area contributed by atoms with Gasteiger partial charge in [-0.3, -0.25) is 4.79 Å². The molecule has 0 aliphatic carbocycles. The highest BCUT2D eigenvalue weighted by Crippen LogP contribution is 2.13. The number of ether oxygens (including phenoxy) is 1. The number of hydrogen-bond acceptors (Lipinski definition) is 4. The first-order chi connectivity index (χ1) is 7.11. The van der Waals surface area contributed by atoms with Gasteiger partial charge >= 0.3 is 5.97 Å². The highest BCUT2D eigenvalue weighted by molar-refractivity contribution is 6.16. The molecule has 0 unspecified atom stereocenters. The maximum absolute atomic E-state index is 11.5. The molecule has 0 radical (unpaired) electrons. The predicted octanol–water partition coefficient (Wildman–Crippen LogP) is 0.655. The first-order valence-electron chi connectivity index (χ1n) is 4.41. The van der Waals surface area contributed by atoms with Crippen LogP contribution in [0.3, 0.4) is 0 Å². The number of nitrogens with one attached hydrogen (secondary N) is 1. The monoisotopic (exact) mass is 208 g/mol. The number of methoxy groups -OCH3 is 1. The number of carbonyl (C=O) groups excluding carboxylic acids is 1. The molecule has 1 heterocycles. The van der Waals surface area contributed by atoms with Crippen LogP contribution in [0.4, 0.5) is 0 Å². The molecule has 0 saturated carbocycles. The second-order valence-electron chi connectivity index (χ2n) is 2.89. The largest absolute Gasteiger partial charge is 0.465 e. The molecule has 0 spiro atoms. The third kappa shape index (κ3) is 2.12. The van der Waals surface area contributed by atoms with E-state index in [1.54, 1.807) is 13.8 Å². The van der Waals surface area contributed by atoms with Gasteiger partial charge in [-0.1, -0.05) is 6.08 Å². The fourth-order valence-corrected chi connectivity index (χ4v) is 1.28. The molecule has 5 nitrogen and oxygen atoms in total. The number of rotatable bonds is 2. The summed E-state index contributed by atoms with van der Waals surface area (Å²) in [6.07, 6.45) is 2.83. The number of allylic oxidation sites excluding steroid dienone is 1. The highest BCUT2D eigenvalue weighted by Gasteiger charge is 2.17. The quantitative estimate of drug-likeness (QED) is 0.572. The predicted molar refractivity (Wildman–Crippen MR) is 55.3 cm³/mol. The molecule has 80 valence electrons. The van der Waals surface area contributed by atoms with Crippen molar-refractivity contribution in [1.82, 2.24) is 9.97 Å². The molecule has 1 aromatic heterocycles. The standard InChI is InChI=1S/C10H12N2O3/c1-4-7(10(14)15-3)8-6(2)11-5-12-9(8)13/h4-5H,1-3H3,(H,11,12,13)/b7-4+. The Labute approximate surface area is 86.8 Å². The molecule has 0 amide bonds. The molecule has 0 fully saturated rings. The smallest absolute Gasteiger partial charge is 0.338 e. The zero-order valence-electron chi connectivity index (χ0n) is 8.83. The third-order valence-electron chi connectivity index (χ3n) is 2.01. The third-order valence-corrected chi connectivity index (χ3v) is 2.01. The van der Waals surface area contributed by atoms with Gasteiger partial charge in [-0.2, -0.15) is 0 Å². The molecule has 0 aliphatic rings. The van der Waals surface area contributed by atoms with Crippen molar-refractivity contribution in [3.63, 3.8) is 0 Å². The molecule has 1 rings (SSSR count). The van der Waals surface area contributed by atoms with Crippen LogP contribution in [0.5, 0.6) is 0 Å². The van der Waals surface area contributed by atoms with Crippen molar-refractivity contribution in [3.05, 3.63) is 34.0 Å². The second-order valence-corrected chi connectivity index (χ2v) is 2.89. The van der Waals surface area contributed by atoms with Crippen molar-refractivity contribution in [3.8, 4) is 0 Å². The van der Waals surface area contributed by atoms with E-state index in [9.17, 15) is 9.59 Å². The van der Waals surface area contributed by atoms with Crippen molar-refractivity contribution in [1.29, 1.82) is 0 Å². The van der Waals surface area contributed by atoms with E-state index in [-0.39, 0.29) is 16.7 Å². The van der Waals surface area contributed by atoms with Crippen LogP contribution in [0.2, 0.25) is 0 Å². The van der Waals surface area contributed by atoms with Gasteiger partial charge in [-0.25, -0.2) is 9.78 Å². The van der Waals surface area contributed by atoms with Gasteiger partial charge in [-0.05, 0) is 13.8 Å². The van der Waals surface area contributed by atoms with E-state index in [2.05, 4.69) is 14.7 Å². The van der Waals surface area contributed by atoms with Crippen LogP contribution in [0.25, 0.3) is 5.57 Å². The molecule has 1 aromatic rings. The van der Waals surface area contributed by atoms with E-state index < -0.39 is 5.97 Å². The Morgan fingerprint density at radius 2 is 2.27 bits per heavy atom. The Morgan fingerprint density at radius 1 is 1.60 bits per heavy atom. The number of aryl methyl sites for hydroxylation is 1. The minimum Gasteiger partial charge on any atom is -0.465 e. The van der Waals surface area contributed by atoms with Crippen molar-refractivity contribution < 1.29 is 9.53 Å². The lowest BCUT2D eigenvalue weighted by Gasteiger charge is -2.05. The summed E-state index contributed by atoms with van der Waals surface area (Å²) in [6.45, 7) is 3.33. The molecule has 1 N–H and O–H groups in total. The van der Waals surface area contributed by atoms with E-state index in [1.807, 2.05) is 0 Å². The van der Waals surface area contributed by atoms with E-state index >= 15 is 0 Å². The Morgan fingerprint density at radius 3 is 2.73 bits per heavy atom. The summed E-state index contributed by atoms with van der Waals surface area (Å²) in [5.41, 5.74) is 0.634. The van der Waals surface area contributed by atoms with Crippen LogP contribution in [0, 0.1) is 6.92 Å². The van der Waals surface area contributed by atoms with Crippen molar-refractivity contribution in [2.45, 2.75) is 13.8 Å². The molecule has 0 saturated heterocycles. The first-order valence-corrected chi connectivity index (χ1v) is 4.41. The minimum atomic E-state index is -0.542. The summed E-state index contributed by atoms with van der Waals surface area (Å²) >= 11 is 0. The van der Waals surface area contributed by atoms with Crippen LogP contribution in [0.15, 0.2) is 17.2 Å². The Bertz CT molecular complexity index is 460. The van der Waals surface area contributed by atoms with Crippen LogP contribution in [0.1, 0.15) is 18.2 Å². The van der Waals surface area contributed by atoms with Gasteiger partial charge in [0.2, 0.25) is 0 Å². The number of aromatic nitrogens is 2. The molecule has 0 atom stereocenters. The summed E-state index contributed by atoms with van der Waals surface area (Å²) in [5.74, 6) is -0.542. The van der Waals surface area contributed by atoms with Crippen LogP contribution >= 0.6 is 0 Å². The number of H-pyrrole nitrogens is 1. The average molecular weight is 208 g/mol. The topological polar surface area (TPSA) is 72.0 Å². The fraction of sp³-hybridized carbons (Fsp3) is 0.300. The van der Waals surface area contributed by atoms with Crippen LogP contribution < -0.4 is 5.56 Å². The van der Waals surface area contributed by atoms with Crippen molar-refractivity contribution in [2.24, 2.45) is 0 Å². The van der Waals surface area contributed by atoms with E-state index in [0.29, 0.717) is 5.69 Å². The molecule has 0 bridgehead atoms. The second kappa shape index (κ2) is 4.54. The summed E-state index contributed by atoms with van der Waals surface area (Å²) in [5, 5.41) is 0. The molecular formula is C10H12N2O3. The molecule has 0 aromatic carbocycles. The van der Waals surface area contributed by atoms with E-state index in [4.69, 9.17) is 0 Å². The normalized spacial score (nSPS) is 11.3. The van der Waals surface area contributed by atoms with Crippen LogP contribution in [-0.4, -0.2) is 23.0 Å². The number of hydrogen-bond donors (Lipinski definition) is 1. The molecule has 0 aliphatic heterocycles. The molecule has 15 heavy (non-hydrogen) atoms. The lowest BCUT2D eigenvalue weighted by Crippen LogP contribution is -2.18. The van der Waals surface area contributed by atoms with Gasteiger partial charge in [0, 0.05) is 0 Å². The summed E-state index contributed by atoms with van der Waals surface area (Å²) < 4.78 is 4.58. The van der Waals surface area contributed by atoms with Gasteiger partial charge in [-0.15, -0.1) is 0 Å². The number of esters is 1. The summed E-state index contributed by atoms with van der Waals surface area (Å²) in [7, 11) is 1.27. The minimum absolute atomic E-state index is 0.226. The van der Waals surface area contributed by atoms with Gasteiger partial charge < -0.3 is 9.72 Å². The van der Waals surface area contributed by atoms with Gasteiger partial charge in [0.05, 0.1) is 30.3 Å². The zero-order chi connectivity index (χ0) is 11.4. The molecule has 5 heteroatoms. The van der Waals surface area contributed by atoms with E-state index in [0.717, 1.165) is 0 Å². The maximum Gasteiger partial charge on any atom is 0.338 e. The Balaban J connectivity index is 3.38. The van der Waals surface area contributed by atoms with Crippen molar-refractivity contribution in [2.75, 3.05) is 7.11 Å². The summed E-state index contributed by atoms with van der Waals surface area (Å²) in [4.78, 5) is 29.2. The zero-order valence-corrected chi connectivity index (χ0v) is 8.83. The van der Waals surface area contributed by atoms with Crippen molar-refractivity contribution >= 4 is 11.5 Å².